The van der Waals surface area contributed by atoms with E-state index < -0.39 is 0 Å². The van der Waals surface area contributed by atoms with Crippen molar-refractivity contribution in [2.75, 3.05) is 37.7 Å². The highest BCUT2D eigenvalue weighted by Gasteiger charge is 2.36. The molecule has 4 rings (SSSR count). The van der Waals surface area contributed by atoms with Gasteiger partial charge in [0.25, 0.3) is 0 Å². The summed E-state index contributed by atoms with van der Waals surface area (Å²) in [5.74, 6) is 1.39. The van der Waals surface area contributed by atoms with Crippen molar-refractivity contribution < 1.29 is 9.53 Å². The molecule has 28 heavy (non-hydrogen) atoms. The minimum atomic E-state index is 0.0353. The Bertz CT molecular complexity index is 811. The molecule has 0 aliphatic carbocycles. The van der Waals surface area contributed by atoms with Crippen LogP contribution in [0.5, 0.6) is 0 Å². The van der Waals surface area contributed by atoms with Crippen molar-refractivity contribution in [1.29, 1.82) is 0 Å². The van der Waals surface area contributed by atoms with Gasteiger partial charge < -0.3 is 14.5 Å². The Kier molecular flexibility index (Phi) is 5.52. The Morgan fingerprint density at radius 1 is 1.25 bits per heavy atom. The maximum absolute atomic E-state index is 13.0. The Balaban J connectivity index is 1.45. The molecular formula is C19H27N7O2. The molecule has 9 heteroatoms. The molecule has 0 saturated carbocycles. The molecule has 2 aromatic heterocycles. The lowest BCUT2D eigenvalue weighted by atomic mass is 10.1. The summed E-state index contributed by atoms with van der Waals surface area (Å²) >= 11 is 0. The summed E-state index contributed by atoms with van der Waals surface area (Å²) in [6, 6.07) is 0.0353. The third kappa shape index (κ3) is 4.14. The number of nitrogens with zero attached hydrogens (tertiary/aromatic N) is 7. The number of ether oxygens (including phenoxy) is 1. The van der Waals surface area contributed by atoms with Gasteiger partial charge in [-0.1, -0.05) is 0 Å². The van der Waals surface area contributed by atoms with Crippen LogP contribution in [0.4, 0.5) is 5.82 Å². The van der Waals surface area contributed by atoms with Gasteiger partial charge in [0.1, 0.15) is 18.5 Å². The molecule has 0 N–H and O–H groups in total. The monoisotopic (exact) mass is 385 g/mol. The molecule has 2 aromatic rings. The number of anilines is 1. The molecular weight excluding hydrogens is 358 g/mol. The van der Waals surface area contributed by atoms with Crippen LogP contribution in [0.3, 0.4) is 0 Å². The fraction of sp³-hybridized carbons (Fsp3) is 0.632. The largest absolute Gasteiger partial charge is 0.379 e. The van der Waals surface area contributed by atoms with Crippen LogP contribution in [-0.2, 0) is 16.1 Å². The summed E-state index contributed by atoms with van der Waals surface area (Å²) in [7, 11) is 0. The average Bonchev–Trinajstić information content (AvgIpc) is 3.01. The molecule has 1 amide bonds. The summed E-state index contributed by atoms with van der Waals surface area (Å²) in [4.78, 5) is 30.4. The first-order valence-electron chi connectivity index (χ1n) is 9.85. The first-order valence-corrected chi connectivity index (χ1v) is 9.85. The molecule has 4 heterocycles. The smallest absolute Gasteiger partial charge is 0.223 e. The van der Waals surface area contributed by atoms with E-state index >= 15 is 0 Å². The number of carbonyl (C=O) groups excluding carboxylic acids is 1. The minimum Gasteiger partial charge on any atom is -0.379 e. The predicted octanol–water partition coefficient (Wildman–Crippen LogP) is 0.829. The zero-order valence-corrected chi connectivity index (χ0v) is 16.5. The van der Waals surface area contributed by atoms with Gasteiger partial charge in [0.15, 0.2) is 0 Å². The van der Waals surface area contributed by atoms with Crippen LogP contribution in [0.25, 0.3) is 0 Å². The zero-order chi connectivity index (χ0) is 19.5. The lowest BCUT2D eigenvalue weighted by Gasteiger charge is -2.32. The highest BCUT2D eigenvalue weighted by atomic mass is 16.5. The van der Waals surface area contributed by atoms with Gasteiger partial charge in [-0.2, -0.15) is 5.10 Å². The second kappa shape index (κ2) is 8.22. The summed E-state index contributed by atoms with van der Waals surface area (Å²) in [5.41, 5.74) is 1.84. The maximum atomic E-state index is 13.0. The van der Waals surface area contributed by atoms with Gasteiger partial charge in [-0.15, -0.1) is 0 Å². The van der Waals surface area contributed by atoms with E-state index in [9.17, 15) is 4.79 Å². The highest BCUT2D eigenvalue weighted by molar-refractivity contribution is 5.76. The number of rotatable bonds is 5. The van der Waals surface area contributed by atoms with E-state index in [-0.39, 0.29) is 17.9 Å². The Labute approximate surface area is 164 Å². The van der Waals surface area contributed by atoms with Gasteiger partial charge in [0.2, 0.25) is 5.91 Å². The van der Waals surface area contributed by atoms with Crippen LogP contribution in [-0.4, -0.2) is 74.4 Å². The number of aromatic nitrogens is 5. The van der Waals surface area contributed by atoms with Crippen LogP contribution in [0, 0.1) is 19.8 Å². The topological polar surface area (TPSA) is 89.3 Å². The van der Waals surface area contributed by atoms with Gasteiger partial charge in [-0.05, 0) is 20.3 Å². The van der Waals surface area contributed by atoms with Crippen LogP contribution in [0.1, 0.15) is 24.2 Å². The number of amides is 1. The summed E-state index contributed by atoms with van der Waals surface area (Å²) in [6.45, 7) is 8.20. The summed E-state index contributed by atoms with van der Waals surface area (Å²) < 4.78 is 7.63. The third-order valence-corrected chi connectivity index (χ3v) is 5.38. The SMILES string of the molecule is Cc1cnc(C)c(N2C[C@@H]3COC[C@H](C2)N(C(=O)CCCn2cncn2)C3)n1. The van der Waals surface area contributed by atoms with E-state index in [1.54, 1.807) is 17.2 Å². The molecule has 2 aliphatic rings. The van der Waals surface area contributed by atoms with Crippen molar-refractivity contribution in [3.05, 3.63) is 30.2 Å². The van der Waals surface area contributed by atoms with Crippen LogP contribution in [0.2, 0.25) is 0 Å². The van der Waals surface area contributed by atoms with Gasteiger partial charge in [0.05, 0.1) is 30.6 Å². The lowest BCUT2D eigenvalue weighted by molar-refractivity contribution is -0.133. The summed E-state index contributed by atoms with van der Waals surface area (Å²) in [6.07, 6.45) is 6.25. The lowest BCUT2D eigenvalue weighted by Crippen LogP contribution is -2.47. The molecule has 0 radical (unpaired) electrons. The number of fused-ring (bicyclic) bond motifs is 3. The van der Waals surface area contributed by atoms with Gasteiger partial charge >= 0.3 is 0 Å². The first kappa shape index (κ1) is 18.8. The Morgan fingerprint density at radius 2 is 2.14 bits per heavy atom. The van der Waals surface area contributed by atoms with Crippen molar-refractivity contribution in [2.24, 2.45) is 5.92 Å². The zero-order valence-electron chi connectivity index (χ0n) is 16.5. The van der Waals surface area contributed by atoms with Crippen molar-refractivity contribution in [3.8, 4) is 0 Å². The average molecular weight is 385 g/mol. The van der Waals surface area contributed by atoms with Crippen LogP contribution in [0.15, 0.2) is 18.9 Å². The van der Waals surface area contributed by atoms with E-state index in [0.717, 1.165) is 43.3 Å². The Morgan fingerprint density at radius 3 is 2.96 bits per heavy atom. The molecule has 0 unspecified atom stereocenters. The van der Waals surface area contributed by atoms with Crippen molar-refractivity contribution in [2.45, 2.75) is 39.3 Å². The first-order chi connectivity index (χ1) is 13.6. The molecule has 2 saturated heterocycles. The molecule has 2 bridgehead atoms. The van der Waals surface area contributed by atoms with E-state index in [1.165, 1.54) is 6.33 Å². The normalized spacial score (nSPS) is 22.2. The molecule has 0 spiro atoms. The van der Waals surface area contributed by atoms with E-state index in [1.807, 2.05) is 18.7 Å². The van der Waals surface area contributed by atoms with Crippen LogP contribution >= 0.6 is 0 Å². The van der Waals surface area contributed by atoms with Gasteiger partial charge in [-0.3, -0.25) is 14.5 Å². The summed E-state index contributed by atoms with van der Waals surface area (Å²) in [5, 5.41) is 4.09. The molecule has 150 valence electrons. The van der Waals surface area contributed by atoms with Crippen molar-refractivity contribution >= 4 is 11.7 Å². The molecule has 0 aromatic carbocycles. The van der Waals surface area contributed by atoms with Crippen molar-refractivity contribution in [1.82, 2.24) is 29.6 Å². The second-order valence-corrected chi connectivity index (χ2v) is 7.69. The van der Waals surface area contributed by atoms with E-state index in [0.29, 0.717) is 26.2 Å². The van der Waals surface area contributed by atoms with Crippen molar-refractivity contribution in [3.63, 3.8) is 0 Å². The molecule has 2 atom stereocenters. The number of carbonyl (C=O) groups is 1. The molecule has 2 fully saturated rings. The standard InChI is InChI=1S/C19H27N7O2/c1-14-6-21-15(2)19(23-14)24-7-16-8-26(17(9-24)11-28-10-16)18(27)4-3-5-25-13-20-12-22-25/h6,12-13,16-17H,3-5,7-11H2,1-2H3/t16-,17-/m0/s1. The van der Waals surface area contributed by atoms with Gasteiger partial charge in [-0.25, -0.2) is 9.97 Å². The van der Waals surface area contributed by atoms with Crippen LogP contribution < -0.4 is 4.90 Å². The molecule has 2 aliphatic heterocycles. The fourth-order valence-corrected chi connectivity index (χ4v) is 4.03. The van der Waals surface area contributed by atoms with Gasteiger partial charge in [0, 0.05) is 44.7 Å². The predicted molar refractivity (Wildman–Crippen MR) is 103 cm³/mol. The fourth-order valence-electron chi connectivity index (χ4n) is 4.03. The quantitative estimate of drug-likeness (QED) is 0.753. The van der Waals surface area contributed by atoms with E-state index in [2.05, 4.69) is 20.0 Å². The Hall–Kier alpha value is -2.55. The molecule has 9 nitrogen and oxygen atoms in total. The number of hydrogen-bond donors (Lipinski definition) is 0. The second-order valence-electron chi connectivity index (χ2n) is 7.69. The number of hydrogen-bond acceptors (Lipinski definition) is 7. The van der Waals surface area contributed by atoms with E-state index in [4.69, 9.17) is 9.72 Å². The number of aryl methyl sites for hydroxylation is 3. The third-order valence-electron chi connectivity index (χ3n) is 5.38. The highest BCUT2D eigenvalue weighted by Crippen LogP contribution is 2.25. The minimum absolute atomic E-state index is 0.0353. The maximum Gasteiger partial charge on any atom is 0.223 e.